The molecule has 0 unspecified atom stereocenters. The van der Waals surface area contributed by atoms with Gasteiger partial charge in [-0.05, 0) is 0 Å². The van der Waals surface area contributed by atoms with Gasteiger partial charge in [0, 0.05) is 0 Å². The van der Waals surface area contributed by atoms with Gasteiger partial charge in [0.15, 0.2) is 0 Å². The Balaban J connectivity index is 0.000000468. The normalized spacial score (nSPS) is 14.3. The Labute approximate surface area is 194 Å². The Morgan fingerprint density at radius 3 is 2.27 bits per heavy atom. The van der Waals surface area contributed by atoms with Crippen molar-refractivity contribution in [2.24, 2.45) is 4.99 Å². The molecule has 2 aromatic carbocycles. The van der Waals surface area contributed by atoms with E-state index in [9.17, 15) is 9.18 Å². The minimum absolute atomic E-state index is 0. The van der Waals surface area contributed by atoms with E-state index >= 15 is 0 Å². The fraction of sp³-hybridized carbons (Fsp3) is 0. The van der Waals surface area contributed by atoms with Crippen LogP contribution < -0.4 is 5.32 Å². The van der Waals surface area contributed by atoms with Crippen molar-refractivity contribution in [3.05, 3.63) is 132 Å². The summed E-state index contributed by atoms with van der Waals surface area (Å²) in [4.78, 5) is 16.3. The van der Waals surface area contributed by atoms with Crippen molar-refractivity contribution >= 4 is 26.7 Å². The number of nitrogens with one attached hydrogen (secondary N) is 1. The molecule has 0 spiro atoms. The van der Waals surface area contributed by atoms with Gasteiger partial charge in [0.2, 0.25) is 0 Å². The molecule has 1 amide bonds. The standard InChI is InChI=1S/C19H13FN2OSe.C5H5.Fe/c20-17-8-4-3-7-16(17)18(23)22-19(24)21-15-11-9-14(10-12-15)13-5-1-2-6-13;1-2-4-5-3-1;/h1-12H,(H,21,22,23);1-5H;/q2*-1;+2. The molecular weight excluding hydrogens is 486 g/mol. The molecule has 0 bridgehead atoms. The monoisotopic (exact) mass is 505 g/mol. The van der Waals surface area contributed by atoms with Crippen molar-refractivity contribution < 1.29 is 26.3 Å². The van der Waals surface area contributed by atoms with Gasteiger partial charge < -0.3 is 0 Å². The summed E-state index contributed by atoms with van der Waals surface area (Å²) in [5.41, 5.74) is 2.90. The molecule has 0 saturated heterocycles. The van der Waals surface area contributed by atoms with E-state index in [4.69, 9.17) is 0 Å². The Hall–Kier alpha value is -2.75. The molecule has 0 aliphatic heterocycles. The van der Waals surface area contributed by atoms with Crippen LogP contribution in [0.1, 0.15) is 10.4 Å². The van der Waals surface area contributed by atoms with E-state index in [-0.39, 0.29) is 27.4 Å². The second-order valence-electron chi connectivity index (χ2n) is 6.03. The number of benzene rings is 1. The van der Waals surface area contributed by atoms with Crippen molar-refractivity contribution in [3.63, 3.8) is 0 Å². The quantitative estimate of drug-likeness (QED) is 0.277. The molecule has 0 atom stereocenters. The zero-order chi connectivity index (χ0) is 20.5. The van der Waals surface area contributed by atoms with Crippen molar-refractivity contribution in [2.75, 3.05) is 0 Å². The summed E-state index contributed by atoms with van der Waals surface area (Å²) in [5.74, 6) is -1.11. The minimum atomic E-state index is -0.568. The molecule has 2 aliphatic carbocycles. The molecule has 6 heteroatoms. The van der Waals surface area contributed by atoms with Gasteiger partial charge in [0.1, 0.15) is 0 Å². The van der Waals surface area contributed by atoms with Crippen LogP contribution in [0, 0.1) is 12.2 Å². The van der Waals surface area contributed by atoms with Crippen LogP contribution in [0.3, 0.4) is 0 Å². The summed E-state index contributed by atoms with van der Waals surface area (Å²) in [6.45, 7) is 0. The third-order valence-corrected chi connectivity index (χ3v) is 4.39. The van der Waals surface area contributed by atoms with Crippen LogP contribution in [0.15, 0.2) is 119 Å². The van der Waals surface area contributed by atoms with Crippen molar-refractivity contribution in [1.29, 1.82) is 0 Å². The minimum Gasteiger partial charge on any atom is -0.214 e. The fourth-order valence-electron chi connectivity index (χ4n) is 2.57. The number of carbonyl (C=O) groups is 1. The Morgan fingerprint density at radius 2 is 1.70 bits per heavy atom. The first-order valence-corrected chi connectivity index (χ1v) is 9.79. The predicted octanol–water partition coefficient (Wildman–Crippen LogP) is 4.56. The molecule has 151 valence electrons. The SMILES string of the molecule is O=C(NC([Se])=NC1=C[CH-]C(=C2C=CC=C2)C=C1)c1ccccc1F.[Fe+2].c1cc[cH-]c1. The summed E-state index contributed by atoms with van der Waals surface area (Å²) in [6.07, 6.45) is 15.7. The molecule has 2 aromatic rings. The number of allylic oxidation sites excluding steroid dienone is 9. The van der Waals surface area contributed by atoms with Crippen LogP contribution in [0.5, 0.6) is 0 Å². The molecule has 1 radical (unpaired) electrons. The number of rotatable bonds is 2. The van der Waals surface area contributed by atoms with Crippen molar-refractivity contribution in [3.8, 4) is 0 Å². The fourth-order valence-corrected chi connectivity index (χ4v) is 2.99. The number of nitrogens with zero attached hydrogens (tertiary/aromatic N) is 1. The van der Waals surface area contributed by atoms with E-state index in [2.05, 4.69) is 26.3 Å². The van der Waals surface area contributed by atoms with E-state index in [0.29, 0.717) is 5.70 Å². The van der Waals surface area contributed by atoms with Crippen LogP contribution in [0.4, 0.5) is 4.39 Å². The Kier molecular flexibility index (Phi) is 9.46. The maximum atomic E-state index is 13.6. The number of amides is 1. The third kappa shape index (κ3) is 6.94. The number of amidine groups is 1. The summed E-state index contributed by atoms with van der Waals surface area (Å²) >= 11 is 2.68. The average molecular weight is 504 g/mol. The number of aliphatic imine (C=N–C) groups is 1. The molecule has 4 rings (SSSR count). The van der Waals surface area contributed by atoms with Gasteiger partial charge >= 0.3 is 165 Å². The Morgan fingerprint density at radius 1 is 1.00 bits per heavy atom. The maximum absolute atomic E-state index is 13.6. The van der Waals surface area contributed by atoms with Gasteiger partial charge in [-0.25, -0.2) is 12.1 Å². The summed E-state index contributed by atoms with van der Waals surface area (Å²) in [7, 11) is 0. The number of carbonyl (C=O) groups excluding carboxylic acids is 1. The third-order valence-electron chi connectivity index (χ3n) is 3.99. The average Bonchev–Trinajstić information content (AvgIpc) is 3.45. The topological polar surface area (TPSA) is 41.5 Å². The van der Waals surface area contributed by atoms with Gasteiger partial charge in [-0.1, -0.05) is 0 Å². The van der Waals surface area contributed by atoms with E-state index in [1.54, 1.807) is 6.07 Å². The number of hydrogen-bond acceptors (Lipinski definition) is 2. The van der Waals surface area contributed by atoms with Gasteiger partial charge in [0.05, 0.1) is 0 Å². The first kappa shape index (κ1) is 23.5. The van der Waals surface area contributed by atoms with Crippen LogP contribution in [0.2, 0.25) is 0 Å². The number of hydrogen-bond donors (Lipinski definition) is 1. The molecule has 0 fully saturated rings. The molecule has 30 heavy (non-hydrogen) atoms. The molecule has 0 aromatic heterocycles. The van der Waals surface area contributed by atoms with Gasteiger partial charge in [0.25, 0.3) is 0 Å². The van der Waals surface area contributed by atoms with Crippen LogP contribution in [0.25, 0.3) is 0 Å². The summed E-state index contributed by atoms with van der Waals surface area (Å²) < 4.78 is 13.9. The predicted molar refractivity (Wildman–Crippen MR) is 116 cm³/mol. The second-order valence-corrected chi connectivity index (χ2v) is 6.84. The molecule has 1 N–H and O–H groups in total. The van der Waals surface area contributed by atoms with Gasteiger partial charge in [-0.2, -0.15) is 18.2 Å². The molecule has 0 heterocycles. The molecule has 2 aliphatic rings. The van der Waals surface area contributed by atoms with E-state index in [1.165, 1.54) is 18.2 Å². The summed E-state index contributed by atoms with van der Waals surface area (Å²) in [6, 6.07) is 15.8. The van der Waals surface area contributed by atoms with Crippen LogP contribution >= 0.6 is 0 Å². The zero-order valence-electron chi connectivity index (χ0n) is 15.8. The van der Waals surface area contributed by atoms with E-state index < -0.39 is 11.7 Å². The zero-order valence-corrected chi connectivity index (χ0v) is 18.6. The van der Waals surface area contributed by atoms with E-state index in [1.807, 2.05) is 79.3 Å². The van der Waals surface area contributed by atoms with Gasteiger partial charge in [-0.3, -0.25) is 0 Å². The first-order chi connectivity index (χ1) is 14.1. The molecule has 3 nitrogen and oxygen atoms in total. The molecular formula is C24H18FFeN2OSe. The summed E-state index contributed by atoms with van der Waals surface area (Å²) in [5, 5.41) is 2.54. The van der Waals surface area contributed by atoms with Crippen molar-refractivity contribution in [1.82, 2.24) is 5.32 Å². The van der Waals surface area contributed by atoms with Crippen LogP contribution in [-0.2, 0) is 17.1 Å². The van der Waals surface area contributed by atoms with Crippen molar-refractivity contribution in [2.45, 2.75) is 0 Å². The number of halogens is 1. The van der Waals surface area contributed by atoms with Gasteiger partial charge in [-0.15, -0.1) is 0 Å². The Bertz CT molecular complexity index is 1020. The largest absolute Gasteiger partial charge is 2.00 e. The first-order valence-electron chi connectivity index (χ1n) is 8.94. The van der Waals surface area contributed by atoms with Crippen LogP contribution in [-0.4, -0.2) is 26.7 Å². The second kappa shape index (κ2) is 12.1. The molecule has 0 saturated carbocycles. The van der Waals surface area contributed by atoms with E-state index in [0.717, 1.165) is 11.1 Å². The maximum Gasteiger partial charge on any atom is 2.00 e. The smallest absolute Gasteiger partial charge is 0.214 e.